The van der Waals surface area contributed by atoms with Crippen LogP contribution < -0.4 is 26.2 Å². The number of rotatable bonds is 2. The van der Waals surface area contributed by atoms with E-state index < -0.39 is 0 Å². The zero-order valence-electron chi connectivity index (χ0n) is 43.8. The average Bonchev–Trinajstić information content (AvgIpc) is 3.86. The van der Waals surface area contributed by atoms with Gasteiger partial charge in [0, 0.05) is 33.1 Å². The molecule has 2 nitrogen and oxygen atoms in total. The number of thiophene rings is 1. The predicted molar refractivity (Wildman–Crippen MR) is 292 cm³/mol. The van der Waals surface area contributed by atoms with E-state index in [0.29, 0.717) is 0 Å². The van der Waals surface area contributed by atoms with Gasteiger partial charge in [-0.1, -0.05) is 135 Å². The second kappa shape index (κ2) is 13.3. The minimum atomic E-state index is -0.0795. The molecule has 0 amide bonds. The summed E-state index contributed by atoms with van der Waals surface area (Å²) in [7, 11) is 0. The molecule has 0 saturated heterocycles. The second-order valence-electron chi connectivity index (χ2n) is 27.8. The molecular formula is C63H75BN2S. The molecule has 5 aromatic carbocycles. The maximum Gasteiger partial charge on any atom is 0.254 e. The van der Waals surface area contributed by atoms with Gasteiger partial charge in [-0.15, -0.1) is 11.3 Å². The molecule has 2 unspecified atom stereocenters. The third-order valence-electron chi connectivity index (χ3n) is 19.1. The van der Waals surface area contributed by atoms with E-state index in [1.54, 1.807) is 16.7 Å². The molecule has 0 spiro atoms. The van der Waals surface area contributed by atoms with E-state index in [9.17, 15) is 0 Å². The smallest absolute Gasteiger partial charge is 0.254 e. The number of anilines is 6. The zero-order valence-corrected chi connectivity index (χ0v) is 44.7. The Morgan fingerprint density at radius 2 is 0.955 bits per heavy atom. The number of hydrogen-bond acceptors (Lipinski definition) is 3. The Morgan fingerprint density at radius 3 is 1.54 bits per heavy atom. The summed E-state index contributed by atoms with van der Waals surface area (Å²) in [6, 6.07) is 33.4. The SMILES string of the molecule is CC(C)(C)c1ccc(N2c3cc4c(cc3B3c5c2cc(C(C)(C)C)cc5N(c2ccc5c(c2)C(C)(C)CCC5(C)C)c2sc5cc6c(cc5c23)C2(C)CCC6(C)C2)C(C)(C)CCC4(C)C)cc1. The van der Waals surface area contributed by atoms with Crippen molar-refractivity contribution in [3.05, 3.63) is 123 Å². The van der Waals surface area contributed by atoms with Crippen LogP contribution >= 0.6 is 11.3 Å². The van der Waals surface area contributed by atoms with Gasteiger partial charge in [0.2, 0.25) is 0 Å². The first-order chi connectivity index (χ1) is 31.1. The van der Waals surface area contributed by atoms with Crippen LogP contribution in [0.5, 0.6) is 0 Å². The summed E-state index contributed by atoms with van der Waals surface area (Å²) >= 11 is 2.07. The van der Waals surface area contributed by atoms with Gasteiger partial charge < -0.3 is 9.80 Å². The van der Waals surface area contributed by atoms with Crippen LogP contribution in [0.1, 0.15) is 200 Å². The minimum Gasteiger partial charge on any atom is -0.311 e. The third kappa shape index (κ3) is 6.12. The summed E-state index contributed by atoms with van der Waals surface area (Å²) in [4.78, 5) is 5.47. The van der Waals surface area contributed by atoms with E-state index in [4.69, 9.17) is 0 Å². The van der Waals surface area contributed by atoms with Gasteiger partial charge in [0.1, 0.15) is 0 Å². The molecule has 2 atom stereocenters. The fourth-order valence-corrected chi connectivity index (χ4v) is 15.8. The summed E-state index contributed by atoms with van der Waals surface area (Å²) < 4.78 is 1.46. The highest BCUT2D eigenvalue weighted by molar-refractivity contribution is 7.26. The Balaban J connectivity index is 1.23. The molecule has 3 heterocycles. The van der Waals surface area contributed by atoms with Gasteiger partial charge in [0.05, 0.1) is 5.00 Å². The van der Waals surface area contributed by atoms with E-state index in [-0.39, 0.29) is 50.0 Å². The second-order valence-corrected chi connectivity index (χ2v) is 28.8. The highest BCUT2D eigenvalue weighted by Gasteiger charge is 2.54. The van der Waals surface area contributed by atoms with Crippen LogP contribution in [0.2, 0.25) is 0 Å². The Bertz CT molecular complexity index is 3120. The number of hydrogen-bond donors (Lipinski definition) is 0. The van der Waals surface area contributed by atoms with Crippen molar-refractivity contribution in [3.8, 4) is 0 Å². The fraction of sp³-hybridized carbons (Fsp3) is 0.492. The standard InChI is InChI=1S/C63H75BN2S/c1-56(2,3)37-17-19-39(20-18-37)65-49-34-45-44(60(11,12)25-26-61(45,13)14)33-48(49)64-53-41-32-46-47(63(16)28-27-62(46,15)36-63)35-52(41)67-55(53)66(51-30-38(57(4,5)6)29-50(65)54(51)64)40-21-22-42-43(31-40)59(9,10)24-23-58(42,7)8/h17-22,29-35H,23-28,36H2,1-16H3. The lowest BCUT2D eigenvalue weighted by molar-refractivity contribution is 0.332. The molecule has 6 aliphatic rings. The first-order valence-electron chi connectivity index (χ1n) is 26.0. The fourth-order valence-electron chi connectivity index (χ4n) is 14.5. The van der Waals surface area contributed by atoms with E-state index in [1.165, 1.54) is 133 Å². The number of fused-ring (bicyclic) bond motifs is 13. The van der Waals surface area contributed by atoms with Crippen molar-refractivity contribution < 1.29 is 0 Å². The van der Waals surface area contributed by atoms with E-state index in [0.717, 1.165) is 0 Å². The van der Waals surface area contributed by atoms with Gasteiger partial charge in [0.25, 0.3) is 6.71 Å². The molecule has 4 heteroatoms. The Kier molecular flexibility index (Phi) is 8.74. The van der Waals surface area contributed by atoms with E-state index >= 15 is 0 Å². The van der Waals surface area contributed by atoms with Crippen molar-refractivity contribution in [1.29, 1.82) is 0 Å². The average molecular weight is 903 g/mol. The van der Waals surface area contributed by atoms with E-state index in [1.807, 2.05) is 0 Å². The summed E-state index contributed by atoms with van der Waals surface area (Å²) in [5.74, 6) is 0. The van der Waals surface area contributed by atoms with Crippen LogP contribution in [0.25, 0.3) is 10.1 Å². The van der Waals surface area contributed by atoms with Gasteiger partial charge in [-0.05, 0) is 209 Å². The molecule has 1 fully saturated rings. The van der Waals surface area contributed by atoms with Crippen LogP contribution in [0.15, 0.2) is 78.9 Å². The van der Waals surface area contributed by atoms with Crippen LogP contribution in [-0.2, 0) is 43.3 Å². The normalized spacial score (nSPS) is 24.5. The molecule has 346 valence electrons. The van der Waals surface area contributed by atoms with Crippen molar-refractivity contribution >= 4 is 78.0 Å². The lowest BCUT2D eigenvalue weighted by Crippen LogP contribution is -2.61. The Morgan fingerprint density at radius 1 is 0.448 bits per heavy atom. The molecular weight excluding hydrogens is 828 g/mol. The molecule has 6 aromatic rings. The molecule has 1 aromatic heterocycles. The molecule has 2 aliphatic heterocycles. The first kappa shape index (κ1) is 44.0. The molecule has 0 radical (unpaired) electrons. The van der Waals surface area contributed by atoms with Gasteiger partial charge in [-0.2, -0.15) is 0 Å². The Labute approximate surface area is 408 Å². The minimum absolute atomic E-state index is 0.0627. The topological polar surface area (TPSA) is 6.48 Å². The van der Waals surface area contributed by atoms with Gasteiger partial charge in [-0.25, -0.2) is 0 Å². The van der Waals surface area contributed by atoms with Crippen molar-refractivity contribution in [3.63, 3.8) is 0 Å². The first-order valence-corrected chi connectivity index (χ1v) is 26.8. The van der Waals surface area contributed by atoms with Gasteiger partial charge in [0.15, 0.2) is 0 Å². The highest BCUT2D eigenvalue weighted by Crippen LogP contribution is 2.62. The van der Waals surface area contributed by atoms with Gasteiger partial charge in [-0.3, -0.25) is 0 Å². The van der Waals surface area contributed by atoms with Crippen molar-refractivity contribution in [2.75, 3.05) is 9.80 Å². The molecule has 0 N–H and O–H groups in total. The van der Waals surface area contributed by atoms with Crippen molar-refractivity contribution in [2.45, 2.75) is 199 Å². The lowest BCUT2D eigenvalue weighted by Gasteiger charge is -2.47. The summed E-state index contributed by atoms with van der Waals surface area (Å²) in [5, 5.41) is 2.89. The maximum atomic E-state index is 2.77. The Hall–Kier alpha value is -4.28. The highest BCUT2D eigenvalue weighted by atomic mass is 32.1. The van der Waals surface area contributed by atoms with Gasteiger partial charge >= 0.3 is 0 Å². The monoisotopic (exact) mass is 903 g/mol. The number of benzene rings is 5. The molecule has 67 heavy (non-hydrogen) atoms. The van der Waals surface area contributed by atoms with Crippen LogP contribution in [0, 0.1) is 0 Å². The lowest BCUT2D eigenvalue weighted by atomic mass is 9.33. The zero-order chi connectivity index (χ0) is 47.6. The molecule has 12 rings (SSSR count). The summed E-state index contributed by atoms with van der Waals surface area (Å²) in [5.41, 5.74) is 24.0. The quantitative estimate of drug-likeness (QED) is 0.160. The van der Waals surface area contributed by atoms with Crippen molar-refractivity contribution in [2.24, 2.45) is 0 Å². The summed E-state index contributed by atoms with van der Waals surface area (Å²) in [6.07, 6.45) is 8.66. The van der Waals surface area contributed by atoms with Crippen LogP contribution in [0.3, 0.4) is 0 Å². The molecule has 1 saturated carbocycles. The molecule has 2 bridgehead atoms. The largest absolute Gasteiger partial charge is 0.311 e. The van der Waals surface area contributed by atoms with E-state index in [2.05, 4.69) is 211 Å². The summed E-state index contributed by atoms with van der Waals surface area (Å²) in [6.45, 7) is 39.4. The third-order valence-corrected chi connectivity index (χ3v) is 20.2. The number of nitrogens with zero attached hydrogens (tertiary/aromatic N) is 2. The molecule has 4 aliphatic carbocycles. The van der Waals surface area contributed by atoms with Crippen LogP contribution in [0.4, 0.5) is 33.4 Å². The predicted octanol–water partition coefficient (Wildman–Crippen LogP) is 16.0. The van der Waals surface area contributed by atoms with Crippen molar-refractivity contribution in [1.82, 2.24) is 0 Å². The maximum absolute atomic E-state index is 2.77. The van der Waals surface area contributed by atoms with Crippen LogP contribution in [-0.4, -0.2) is 6.71 Å².